The maximum atomic E-state index is 14.3. The topological polar surface area (TPSA) is 105 Å². The predicted molar refractivity (Wildman–Crippen MR) is 165 cm³/mol. The fourth-order valence-corrected chi connectivity index (χ4v) is 7.17. The SMILES string of the molecule is CC[C@H](C(=O)NC1CCCC1)N(Cc1cccc(C)c1)C(=O)CN(c1ccc(F)cc1)S(=O)(=O)c1ccc2c(c1)OCCO2. The first-order valence-electron chi connectivity index (χ1n) is 15.0. The van der Waals surface area contributed by atoms with Gasteiger partial charge in [0, 0.05) is 18.7 Å². The summed E-state index contributed by atoms with van der Waals surface area (Å²) in [5, 5.41) is 3.11. The third kappa shape index (κ3) is 7.15. The number of nitrogens with zero attached hydrogens (tertiary/aromatic N) is 2. The average Bonchev–Trinajstić information content (AvgIpc) is 3.53. The van der Waals surface area contributed by atoms with E-state index in [4.69, 9.17) is 9.47 Å². The molecule has 1 aliphatic heterocycles. The third-order valence-electron chi connectivity index (χ3n) is 8.02. The zero-order valence-corrected chi connectivity index (χ0v) is 25.8. The standard InChI is InChI=1S/C33H38FN3O6S/c1-3-29(33(39)35-26-9-4-5-10-26)36(21-24-8-6-7-23(2)19-24)32(38)22-37(27-13-11-25(34)12-14-27)44(40,41)28-15-16-30-31(20-28)43-18-17-42-30/h6-8,11-16,19-20,26,29H,3-5,9-10,17-18,21-22H2,1-2H3,(H,35,39)/t29-/m1/s1. The number of anilines is 1. The van der Waals surface area contributed by atoms with E-state index in [1.807, 2.05) is 38.1 Å². The predicted octanol–water partition coefficient (Wildman–Crippen LogP) is 4.97. The van der Waals surface area contributed by atoms with Gasteiger partial charge in [0.05, 0.1) is 10.6 Å². The number of aryl methyl sites for hydroxylation is 1. The minimum atomic E-state index is -4.35. The van der Waals surface area contributed by atoms with Crippen molar-refractivity contribution < 1.29 is 31.9 Å². The molecule has 44 heavy (non-hydrogen) atoms. The highest BCUT2D eigenvalue weighted by Gasteiger charge is 2.35. The van der Waals surface area contributed by atoms with E-state index in [0.717, 1.165) is 53.2 Å². The van der Waals surface area contributed by atoms with Crippen LogP contribution < -0.4 is 19.1 Å². The minimum Gasteiger partial charge on any atom is -0.486 e. The Labute approximate surface area is 258 Å². The van der Waals surface area contributed by atoms with Gasteiger partial charge in [0.25, 0.3) is 10.0 Å². The number of amides is 2. The van der Waals surface area contributed by atoms with Crippen LogP contribution in [0.15, 0.2) is 71.6 Å². The van der Waals surface area contributed by atoms with Crippen LogP contribution in [0, 0.1) is 12.7 Å². The van der Waals surface area contributed by atoms with E-state index in [1.54, 1.807) is 0 Å². The Morgan fingerprint density at radius 3 is 2.36 bits per heavy atom. The van der Waals surface area contributed by atoms with Crippen LogP contribution in [0.4, 0.5) is 10.1 Å². The van der Waals surface area contributed by atoms with Crippen molar-refractivity contribution in [3.8, 4) is 11.5 Å². The van der Waals surface area contributed by atoms with Gasteiger partial charge in [-0.25, -0.2) is 12.8 Å². The molecule has 9 nitrogen and oxygen atoms in total. The molecular formula is C33H38FN3O6S. The molecule has 0 saturated heterocycles. The average molecular weight is 624 g/mol. The number of sulfonamides is 1. The van der Waals surface area contributed by atoms with Crippen molar-refractivity contribution in [2.24, 2.45) is 0 Å². The highest BCUT2D eigenvalue weighted by molar-refractivity contribution is 7.92. The molecule has 0 aromatic heterocycles. The van der Waals surface area contributed by atoms with E-state index in [9.17, 15) is 22.4 Å². The summed E-state index contributed by atoms with van der Waals surface area (Å²) >= 11 is 0. The molecular weight excluding hydrogens is 585 g/mol. The summed E-state index contributed by atoms with van der Waals surface area (Å²) in [6.07, 6.45) is 4.19. The van der Waals surface area contributed by atoms with Crippen molar-refractivity contribution in [2.75, 3.05) is 24.1 Å². The highest BCUT2D eigenvalue weighted by atomic mass is 32.2. The van der Waals surface area contributed by atoms with Gasteiger partial charge >= 0.3 is 0 Å². The van der Waals surface area contributed by atoms with Gasteiger partial charge in [0.2, 0.25) is 11.8 Å². The molecule has 3 aromatic rings. The van der Waals surface area contributed by atoms with Gasteiger partial charge in [-0.3, -0.25) is 13.9 Å². The number of halogens is 1. The molecule has 1 saturated carbocycles. The maximum Gasteiger partial charge on any atom is 0.264 e. The van der Waals surface area contributed by atoms with Crippen molar-refractivity contribution >= 4 is 27.5 Å². The Morgan fingerprint density at radius 2 is 1.68 bits per heavy atom. The Bertz CT molecular complexity index is 1590. The van der Waals surface area contributed by atoms with Gasteiger partial charge in [-0.15, -0.1) is 0 Å². The number of hydrogen-bond donors (Lipinski definition) is 1. The third-order valence-corrected chi connectivity index (χ3v) is 9.79. The van der Waals surface area contributed by atoms with Crippen molar-refractivity contribution in [2.45, 2.75) is 69.5 Å². The fraction of sp³-hybridized carbons (Fsp3) is 0.394. The summed E-state index contributed by atoms with van der Waals surface area (Å²) < 4.78 is 54.3. The fourth-order valence-electron chi connectivity index (χ4n) is 5.74. The molecule has 2 aliphatic rings. The van der Waals surface area contributed by atoms with Crippen LogP contribution >= 0.6 is 0 Å². The summed E-state index contributed by atoms with van der Waals surface area (Å²) in [6, 6.07) is 16.0. The van der Waals surface area contributed by atoms with Crippen LogP contribution in [0.1, 0.15) is 50.2 Å². The Kier molecular flexibility index (Phi) is 9.73. The molecule has 11 heteroatoms. The lowest BCUT2D eigenvalue weighted by Crippen LogP contribution is -2.53. The summed E-state index contributed by atoms with van der Waals surface area (Å²) in [4.78, 5) is 29.2. The summed E-state index contributed by atoms with van der Waals surface area (Å²) in [5.74, 6) is -0.678. The molecule has 5 rings (SSSR count). The molecule has 1 atom stereocenters. The number of fused-ring (bicyclic) bond motifs is 1. The number of benzene rings is 3. The summed E-state index contributed by atoms with van der Waals surface area (Å²) in [5.41, 5.74) is 1.91. The largest absolute Gasteiger partial charge is 0.486 e. The number of hydrogen-bond acceptors (Lipinski definition) is 6. The van der Waals surface area contributed by atoms with Gasteiger partial charge in [-0.2, -0.15) is 0 Å². The molecule has 1 heterocycles. The van der Waals surface area contributed by atoms with E-state index >= 15 is 0 Å². The maximum absolute atomic E-state index is 14.3. The van der Waals surface area contributed by atoms with Crippen molar-refractivity contribution in [3.63, 3.8) is 0 Å². The van der Waals surface area contributed by atoms with E-state index in [-0.39, 0.29) is 41.4 Å². The zero-order valence-electron chi connectivity index (χ0n) is 25.0. The van der Waals surface area contributed by atoms with Crippen molar-refractivity contribution in [3.05, 3.63) is 83.7 Å². The number of carbonyl (C=O) groups excluding carboxylic acids is 2. The smallest absolute Gasteiger partial charge is 0.264 e. The lowest BCUT2D eigenvalue weighted by molar-refractivity contribution is -0.140. The second kappa shape index (κ2) is 13.7. The van der Waals surface area contributed by atoms with Crippen molar-refractivity contribution in [1.82, 2.24) is 10.2 Å². The first-order chi connectivity index (χ1) is 21.2. The molecule has 0 spiro atoms. The molecule has 1 aliphatic carbocycles. The van der Waals surface area contributed by atoms with E-state index in [0.29, 0.717) is 18.8 Å². The van der Waals surface area contributed by atoms with E-state index < -0.39 is 34.3 Å². The zero-order chi connectivity index (χ0) is 31.3. The Morgan fingerprint density at radius 1 is 0.977 bits per heavy atom. The monoisotopic (exact) mass is 623 g/mol. The summed E-state index contributed by atoms with van der Waals surface area (Å²) in [6.45, 7) is 3.89. The number of ether oxygens (including phenoxy) is 2. The van der Waals surface area contributed by atoms with Gasteiger partial charge in [-0.1, -0.05) is 49.6 Å². The van der Waals surface area contributed by atoms with Crippen LogP contribution in [0.2, 0.25) is 0 Å². The van der Waals surface area contributed by atoms with Gasteiger partial charge in [0.15, 0.2) is 11.5 Å². The van der Waals surface area contributed by atoms with Crippen LogP contribution in [0.5, 0.6) is 11.5 Å². The molecule has 0 unspecified atom stereocenters. The number of carbonyl (C=O) groups is 2. The molecule has 1 N–H and O–H groups in total. The van der Waals surface area contributed by atoms with Crippen LogP contribution in [0.25, 0.3) is 0 Å². The second-order valence-corrected chi connectivity index (χ2v) is 13.1. The lowest BCUT2D eigenvalue weighted by atomic mass is 10.1. The van der Waals surface area contributed by atoms with Crippen LogP contribution in [-0.4, -0.2) is 57.0 Å². The second-order valence-electron chi connectivity index (χ2n) is 11.2. The van der Waals surface area contributed by atoms with Gasteiger partial charge < -0.3 is 19.7 Å². The van der Waals surface area contributed by atoms with Gasteiger partial charge in [-0.05, 0) is 68.1 Å². The molecule has 1 fully saturated rings. The van der Waals surface area contributed by atoms with E-state index in [1.165, 1.54) is 35.2 Å². The highest BCUT2D eigenvalue weighted by Crippen LogP contribution is 2.34. The quantitative estimate of drug-likeness (QED) is 0.324. The molecule has 0 radical (unpaired) electrons. The first-order valence-corrected chi connectivity index (χ1v) is 16.4. The molecule has 0 bridgehead atoms. The molecule has 2 amide bonds. The number of rotatable bonds is 11. The number of nitrogens with one attached hydrogen (secondary N) is 1. The molecule has 3 aromatic carbocycles. The van der Waals surface area contributed by atoms with E-state index in [2.05, 4.69) is 5.32 Å². The molecule has 234 valence electrons. The normalized spacial score (nSPS) is 15.4. The van der Waals surface area contributed by atoms with Gasteiger partial charge in [0.1, 0.15) is 31.6 Å². The van der Waals surface area contributed by atoms with Crippen LogP contribution in [0.3, 0.4) is 0 Å². The van der Waals surface area contributed by atoms with Crippen molar-refractivity contribution in [1.29, 1.82) is 0 Å². The van der Waals surface area contributed by atoms with Crippen LogP contribution in [-0.2, 0) is 26.2 Å². The Hall–Kier alpha value is -4.12. The lowest BCUT2D eigenvalue weighted by Gasteiger charge is -2.34. The summed E-state index contributed by atoms with van der Waals surface area (Å²) in [7, 11) is -4.35. The minimum absolute atomic E-state index is 0.0544. The Balaban J connectivity index is 1.50. The first kappa shape index (κ1) is 31.3.